The van der Waals surface area contributed by atoms with Crippen LogP contribution in [0.15, 0.2) is 0 Å². The van der Waals surface area contributed by atoms with Crippen molar-refractivity contribution in [1.82, 2.24) is 0 Å². The molecule has 0 aromatic rings. The molecule has 0 fully saturated rings. The summed E-state index contributed by atoms with van der Waals surface area (Å²) in [7, 11) is 0. The van der Waals surface area contributed by atoms with Gasteiger partial charge in [0.15, 0.2) is 0 Å². The Labute approximate surface area is 64.1 Å². The average molecular weight is 188 g/mol. The van der Waals surface area contributed by atoms with Crippen molar-refractivity contribution in [2.45, 2.75) is 49.4 Å². The van der Waals surface area contributed by atoms with Gasteiger partial charge in [0, 0.05) is 0 Å². The molecule has 0 amide bonds. The van der Waals surface area contributed by atoms with Crippen molar-refractivity contribution in [3.8, 4) is 0 Å². The Hall–Kier alpha value is 0.543. The van der Waals surface area contributed by atoms with Crippen molar-refractivity contribution in [1.29, 1.82) is 0 Å². The second kappa shape index (κ2) is 5.34. The molecule has 1 radical (unpaired) electrons. The number of rotatable bonds is 4. The van der Waals surface area contributed by atoms with Gasteiger partial charge in [-0.25, -0.2) is 0 Å². The maximum atomic E-state index is 2.43. The summed E-state index contributed by atoms with van der Waals surface area (Å²) in [6.07, 6.45) is 1.41. The maximum absolute atomic E-state index is 2.43. The van der Waals surface area contributed by atoms with Crippen molar-refractivity contribution in [2.75, 3.05) is 0 Å². The van der Waals surface area contributed by atoms with Crippen LogP contribution in [0, 0.1) is 0 Å². The van der Waals surface area contributed by atoms with Crippen molar-refractivity contribution < 1.29 is 0 Å². The van der Waals surface area contributed by atoms with Crippen molar-refractivity contribution in [3.63, 3.8) is 0 Å². The molecular formula is C8H19Ge. The number of hydrogen-bond acceptors (Lipinski definition) is 0. The molecule has 0 nitrogen and oxygen atoms in total. The fourth-order valence-electron chi connectivity index (χ4n) is 1.24. The van der Waals surface area contributed by atoms with E-state index in [1.54, 1.807) is 0 Å². The fourth-order valence-corrected chi connectivity index (χ4v) is 6.42. The van der Waals surface area contributed by atoms with Gasteiger partial charge in [-0.1, -0.05) is 0 Å². The van der Waals surface area contributed by atoms with Crippen LogP contribution in [0.4, 0.5) is 0 Å². The third-order valence-electron chi connectivity index (χ3n) is 2.22. The molecule has 0 bridgehead atoms. The van der Waals surface area contributed by atoms with Gasteiger partial charge in [-0.2, -0.15) is 0 Å². The Bertz CT molecular complexity index is 57.6. The molecule has 1 heteroatoms. The van der Waals surface area contributed by atoms with Crippen LogP contribution >= 0.6 is 0 Å². The molecule has 0 heterocycles. The second-order valence-electron chi connectivity index (χ2n) is 2.67. The van der Waals surface area contributed by atoms with E-state index in [1.807, 2.05) is 0 Å². The van der Waals surface area contributed by atoms with Crippen LogP contribution in [0.3, 0.4) is 0 Å². The van der Waals surface area contributed by atoms with Gasteiger partial charge < -0.3 is 0 Å². The molecule has 9 heavy (non-hydrogen) atoms. The summed E-state index contributed by atoms with van der Waals surface area (Å²) < 4.78 is 1.10. The van der Waals surface area contributed by atoms with Gasteiger partial charge in [0.1, 0.15) is 0 Å². The van der Waals surface area contributed by atoms with Gasteiger partial charge in [0.05, 0.1) is 0 Å². The summed E-state index contributed by atoms with van der Waals surface area (Å²) >= 11 is -0.537. The zero-order chi connectivity index (χ0) is 7.28. The van der Waals surface area contributed by atoms with E-state index in [9.17, 15) is 0 Å². The molecule has 0 aliphatic heterocycles. The predicted molar refractivity (Wildman–Crippen MR) is 46.4 cm³/mol. The molecule has 1 unspecified atom stereocenters. The van der Waals surface area contributed by atoms with Gasteiger partial charge in [0.2, 0.25) is 0 Å². The summed E-state index contributed by atoms with van der Waals surface area (Å²) in [5.41, 5.74) is 0. The molecule has 1 atom stereocenters. The van der Waals surface area contributed by atoms with Gasteiger partial charge in [-0.15, -0.1) is 0 Å². The third kappa shape index (κ3) is 3.29. The molecule has 0 saturated heterocycles. The summed E-state index contributed by atoms with van der Waals surface area (Å²) in [6, 6.07) is 0. The summed E-state index contributed by atoms with van der Waals surface area (Å²) in [5, 5.41) is 3.04. The Balaban J connectivity index is 3.50. The van der Waals surface area contributed by atoms with E-state index in [2.05, 4.69) is 27.7 Å². The molecule has 0 saturated carbocycles. The van der Waals surface area contributed by atoms with Crippen molar-refractivity contribution >= 4 is 14.3 Å². The number of hydrogen-bond donors (Lipinski definition) is 0. The fraction of sp³-hybridized carbons (Fsp3) is 1.00. The summed E-state index contributed by atoms with van der Waals surface area (Å²) in [4.78, 5) is 0. The Morgan fingerprint density at radius 2 is 1.56 bits per heavy atom. The summed E-state index contributed by atoms with van der Waals surface area (Å²) in [5.74, 6) is 0. The quantitative estimate of drug-likeness (QED) is 0.593. The van der Waals surface area contributed by atoms with Crippen LogP contribution < -0.4 is 0 Å². The molecular weight excluding hydrogens is 169 g/mol. The van der Waals surface area contributed by atoms with Crippen molar-refractivity contribution in [2.24, 2.45) is 0 Å². The molecule has 0 spiro atoms. The first-order valence-electron chi connectivity index (χ1n) is 4.10. The molecule has 0 aliphatic carbocycles. The van der Waals surface area contributed by atoms with E-state index < -0.39 is 14.3 Å². The van der Waals surface area contributed by atoms with Gasteiger partial charge in [0.25, 0.3) is 0 Å². The predicted octanol–water partition coefficient (Wildman–Crippen LogP) is 3.32. The SMILES string of the molecule is CC[CH](C)[Ge]([CH2]C)[CH2]C. The molecule has 0 aromatic carbocycles. The van der Waals surface area contributed by atoms with E-state index in [4.69, 9.17) is 0 Å². The van der Waals surface area contributed by atoms with Crippen LogP contribution in [0.1, 0.15) is 34.1 Å². The third-order valence-corrected chi connectivity index (χ3v) is 9.81. The Kier molecular flexibility index (Phi) is 5.66. The minimum atomic E-state index is -0.537. The first kappa shape index (κ1) is 9.54. The molecule has 55 valence electrons. The van der Waals surface area contributed by atoms with E-state index >= 15 is 0 Å². The standard InChI is InChI=1S/C8H19Ge/c1-5-8(4)9(6-2)7-3/h8H,5-7H2,1-4H3. The van der Waals surface area contributed by atoms with Crippen molar-refractivity contribution in [3.05, 3.63) is 0 Å². The first-order valence-corrected chi connectivity index (χ1v) is 8.28. The molecule has 0 rings (SSSR count). The summed E-state index contributed by atoms with van der Waals surface area (Å²) in [6.45, 7) is 9.49. The van der Waals surface area contributed by atoms with E-state index in [0.29, 0.717) is 0 Å². The molecule has 0 aromatic heterocycles. The second-order valence-corrected chi connectivity index (χ2v) is 10.5. The van der Waals surface area contributed by atoms with Crippen LogP contribution in [-0.2, 0) is 0 Å². The minimum absolute atomic E-state index is 0.537. The Morgan fingerprint density at radius 3 is 1.67 bits per heavy atom. The molecule has 0 N–H and O–H groups in total. The monoisotopic (exact) mass is 189 g/mol. The zero-order valence-corrected chi connectivity index (χ0v) is 9.30. The average Bonchev–Trinajstić information content (AvgIpc) is 1.90. The van der Waals surface area contributed by atoms with Crippen LogP contribution in [0.2, 0.25) is 15.3 Å². The first-order chi connectivity index (χ1) is 4.26. The van der Waals surface area contributed by atoms with E-state index in [1.165, 1.54) is 16.9 Å². The van der Waals surface area contributed by atoms with Crippen LogP contribution in [-0.4, -0.2) is 14.3 Å². The van der Waals surface area contributed by atoms with Gasteiger partial charge in [-0.05, 0) is 0 Å². The molecule has 0 aliphatic rings. The van der Waals surface area contributed by atoms with E-state index in [-0.39, 0.29) is 0 Å². The zero-order valence-electron chi connectivity index (χ0n) is 7.20. The Morgan fingerprint density at radius 1 is 1.11 bits per heavy atom. The topological polar surface area (TPSA) is 0 Å². The normalized spacial score (nSPS) is 14.3. The van der Waals surface area contributed by atoms with Crippen LogP contribution in [0.25, 0.3) is 0 Å². The van der Waals surface area contributed by atoms with Gasteiger partial charge in [-0.3, -0.25) is 0 Å². The van der Waals surface area contributed by atoms with Crippen LogP contribution in [0.5, 0.6) is 0 Å². The van der Waals surface area contributed by atoms with Gasteiger partial charge >= 0.3 is 63.7 Å². The van der Waals surface area contributed by atoms with E-state index in [0.717, 1.165) is 4.75 Å².